The summed E-state index contributed by atoms with van der Waals surface area (Å²) < 4.78 is 0. The Hall–Kier alpha value is -1.35. The van der Waals surface area contributed by atoms with E-state index in [1.807, 2.05) is 30.3 Å². The van der Waals surface area contributed by atoms with Gasteiger partial charge in [-0.2, -0.15) is 0 Å². The summed E-state index contributed by atoms with van der Waals surface area (Å²) in [5, 5.41) is 11.8. The van der Waals surface area contributed by atoms with E-state index >= 15 is 0 Å². The lowest BCUT2D eigenvalue weighted by atomic mass is 9.99. The molecule has 2 N–H and O–H groups in total. The molecule has 82 valence electrons. The van der Waals surface area contributed by atoms with Crippen LogP contribution in [0.15, 0.2) is 30.3 Å². The zero-order valence-electron chi connectivity index (χ0n) is 8.94. The average Bonchev–Trinajstić information content (AvgIpc) is 2.25. The molecule has 3 heteroatoms. The molecule has 0 radical (unpaired) electrons. The molecule has 3 nitrogen and oxygen atoms in total. The lowest BCUT2D eigenvalue weighted by Gasteiger charge is -2.11. The van der Waals surface area contributed by atoms with Gasteiger partial charge in [0.25, 0.3) is 0 Å². The Balaban J connectivity index is 2.43. The number of carboxylic acid groups (broad SMARTS) is 1. The molecule has 0 heterocycles. The van der Waals surface area contributed by atoms with Crippen LogP contribution in [0.25, 0.3) is 0 Å². The summed E-state index contributed by atoms with van der Waals surface area (Å²) in [6.07, 6.45) is 1.50. The molecule has 0 fully saturated rings. The summed E-state index contributed by atoms with van der Waals surface area (Å²) in [5.41, 5.74) is 1.19. The maximum atomic E-state index is 10.9. The lowest BCUT2D eigenvalue weighted by molar-refractivity contribution is -0.141. The van der Waals surface area contributed by atoms with E-state index in [0.717, 1.165) is 6.42 Å². The third-order valence-electron chi connectivity index (χ3n) is 2.42. The van der Waals surface area contributed by atoms with E-state index in [1.165, 1.54) is 5.56 Å². The quantitative estimate of drug-likeness (QED) is 0.744. The Labute approximate surface area is 90.1 Å². The number of nitrogens with one attached hydrogen (secondary N) is 1. The van der Waals surface area contributed by atoms with Crippen LogP contribution in [0, 0.1) is 5.92 Å². The molecule has 1 aromatic rings. The number of carboxylic acids is 1. The molecule has 1 unspecified atom stereocenters. The third kappa shape index (κ3) is 4.13. The van der Waals surface area contributed by atoms with E-state index in [1.54, 1.807) is 7.05 Å². The Morgan fingerprint density at radius 3 is 2.60 bits per heavy atom. The van der Waals surface area contributed by atoms with Crippen molar-refractivity contribution in [2.45, 2.75) is 12.8 Å². The van der Waals surface area contributed by atoms with E-state index in [-0.39, 0.29) is 5.92 Å². The molecule has 0 bridgehead atoms. The van der Waals surface area contributed by atoms with E-state index in [2.05, 4.69) is 5.32 Å². The van der Waals surface area contributed by atoms with Crippen molar-refractivity contribution in [1.29, 1.82) is 0 Å². The van der Waals surface area contributed by atoms with Gasteiger partial charge < -0.3 is 10.4 Å². The van der Waals surface area contributed by atoms with Crippen molar-refractivity contribution in [3.05, 3.63) is 35.9 Å². The smallest absolute Gasteiger partial charge is 0.307 e. The van der Waals surface area contributed by atoms with Crippen LogP contribution in [0.1, 0.15) is 12.0 Å². The monoisotopic (exact) mass is 207 g/mol. The van der Waals surface area contributed by atoms with Crippen molar-refractivity contribution < 1.29 is 9.90 Å². The molecule has 0 spiro atoms. The molecular weight excluding hydrogens is 190 g/mol. The van der Waals surface area contributed by atoms with E-state index in [4.69, 9.17) is 5.11 Å². The Morgan fingerprint density at radius 1 is 1.40 bits per heavy atom. The van der Waals surface area contributed by atoms with Crippen molar-refractivity contribution in [3.8, 4) is 0 Å². The minimum atomic E-state index is -0.722. The molecule has 0 aliphatic rings. The molecule has 1 aromatic carbocycles. The van der Waals surface area contributed by atoms with Crippen LogP contribution >= 0.6 is 0 Å². The number of hydrogen-bond donors (Lipinski definition) is 2. The van der Waals surface area contributed by atoms with Crippen molar-refractivity contribution in [3.63, 3.8) is 0 Å². The van der Waals surface area contributed by atoms with E-state index in [9.17, 15) is 4.79 Å². The lowest BCUT2D eigenvalue weighted by Crippen LogP contribution is -2.26. The molecule has 0 amide bonds. The molecule has 0 saturated carbocycles. The Bertz CT molecular complexity index is 298. The molecule has 0 saturated heterocycles. The van der Waals surface area contributed by atoms with Gasteiger partial charge in [-0.3, -0.25) is 4.79 Å². The van der Waals surface area contributed by atoms with Crippen LogP contribution in [-0.4, -0.2) is 24.7 Å². The summed E-state index contributed by atoms with van der Waals surface area (Å²) in [4.78, 5) is 10.9. The average molecular weight is 207 g/mol. The maximum absolute atomic E-state index is 10.9. The molecule has 1 rings (SSSR count). The Morgan fingerprint density at radius 2 is 2.07 bits per heavy atom. The SMILES string of the molecule is CNCC(CCc1ccccc1)C(=O)O. The van der Waals surface area contributed by atoms with Crippen LogP contribution in [-0.2, 0) is 11.2 Å². The molecular formula is C12H17NO2. The molecule has 0 aliphatic carbocycles. The van der Waals surface area contributed by atoms with Crippen molar-refractivity contribution in [2.75, 3.05) is 13.6 Å². The van der Waals surface area contributed by atoms with Gasteiger partial charge in [0.05, 0.1) is 5.92 Å². The number of hydrogen-bond acceptors (Lipinski definition) is 2. The normalized spacial score (nSPS) is 12.3. The van der Waals surface area contributed by atoms with E-state index in [0.29, 0.717) is 13.0 Å². The van der Waals surface area contributed by atoms with Crippen molar-refractivity contribution >= 4 is 5.97 Å². The third-order valence-corrected chi connectivity index (χ3v) is 2.42. The van der Waals surface area contributed by atoms with Gasteiger partial charge >= 0.3 is 5.97 Å². The first kappa shape index (κ1) is 11.7. The van der Waals surface area contributed by atoms with Crippen molar-refractivity contribution in [2.24, 2.45) is 5.92 Å². The zero-order valence-corrected chi connectivity index (χ0v) is 8.94. The topological polar surface area (TPSA) is 49.3 Å². The fourth-order valence-electron chi connectivity index (χ4n) is 1.54. The number of benzene rings is 1. The summed E-state index contributed by atoms with van der Waals surface area (Å²) in [6.45, 7) is 0.530. The molecule has 0 aromatic heterocycles. The minimum Gasteiger partial charge on any atom is -0.481 e. The van der Waals surface area contributed by atoms with Gasteiger partial charge in [-0.1, -0.05) is 30.3 Å². The van der Waals surface area contributed by atoms with Crippen LogP contribution < -0.4 is 5.32 Å². The first-order valence-electron chi connectivity index (χ1n) is 5.15. The second kappa shape index (κ2) is 6.19. The predicted octanol–water partition coefficient (Wildman–Crippen LogP) is 1.54. The molecule has 1 atom stereocenters. The zero-order chi connectivity index (χ0) is 11.1. The minimum absolute atomic E-state index is 0.296. The fraction of sp³-hybridized carbons (Fsp3) is 0.417. The maximum Gasteiger partial charge on any atom is 0.307 e. The highest BCUT2D eigenvalue weighted by Gasteiger charge is 2.15. The number of rotatable bonds is 6. The summed E-state index contributed by atoms with van der Waals surface area (Å²) in [6, 6.07) is 9.97. The van der Waals surface area contributed by atoms with Gasteiger partial charge in [-0.25, -0.2) is 0 Å². The van der Waals surface area contributed by atoms with Gasteiger partial charge in [0.1, 0.15) is 0 Å². The van der Waals surface area contributed by atoms with Gasteiger partial charge in [0, 0.05) is 6.54 Å². The standard InChI is InChI=1S/C12H17NO2/c1-13-9-11(12(14)15)8-7-10-5-3-2-4-6-10/h2-6,11,13H,7-9H2,1H3,(H,14,15). The highest BCUT2D eigenvalue weighted by Crippen LogP contribution is 2.09. The predicted molar refractivity (Wildman–Crippen MR) is 59.8 cm³/mol. The number of carbonyl (C=O) groups is 1. The van der Waals surface area contributed by atoms with Crippen molar-refractivity contribution in [1.82, 2.24) is 5.32 Å². The highest BCUT2D eigenvalue weighted by atomic mass is 16.4. The second-order valence-corrected chi connectivity index (χ2v) is 3.62. The Kier molecular flexibility index (Phi) is 4.84. The van der Waals surface area contributed by atoms with Crippen LogP contribution in [0.5, 0.6) is 0 Å². The molecule has 0 aliphatic heterocycles. The van der Waals surface area contributed by atoms with Gasteiger partial charge in [0.2, 0.25) is 0 Å². The van der Waals surface area contributed by atoms with Crippen LogP contribution in [0.2, 0.25) is 0 Å². The fourth-order valence-corrected chi connectivity index (χ4v) is 1.54. The van der Waals surface area contributed by atoms with E-state index < -0.39 is 5.97 Å². The van der Waals surface area contributed by atoms with Gasteiger partial charge in [-0.05, 0) is 25.5 Å². The van der Waals surface area contributed by atoms with Crippen LogP contribution in [0.4, 0.5) is 0 Å². The van der Waals surface area contributed by atoms with Gasteiger partial charge in [0.15, 0.2) is 0 Å². The summed E-state index contributed by atoms with van der Waals surface area (Å²) in [5.74, 6) is -1.02. The largest absolute Gasteiger partial charge is 0.481 e. The van der Waals surface area contributed by atoms with Gasteiger partial charge in [-0.15, -0.1) is 0 Å². The second-order valence-electron chi connectivity index (χ2n) is 3.62. The summed E-state index contributed by atoms with van der Waals surface area (Å²) >= 11 is 0. The van der Waals surface area contributed by atoms with Crippen LogP contribution in [0.3, 0.4) is 0 Å². The first-order chi connectivity index (χ1) is 7.24. The molecule has 15 heavy (non-hydrogen) atoms. The number of aryl methyl sites for hydroxylation is 1. The number of aliphatic carboxylic acids is 1. The highest BCUT2D eigenvalue weighted by molar-refractivity contribution is 5.70. The summed E-state index contributed by atoms with van der Waals surface area (Å²) in [7, 11) is 1.78. The first-order valence-corrected chi connectivity index (χ1v) is 5.15.